The molecule has 2 heterocycles. The van der Waals surface area contributed by atoms with Gasteiger partial charge in [0, 0.05) is 32.4 Å². The smallest absolute Gasteiger partial charge is 0.353 e. The molecule has 0 N–H and O–H groups in total. The Morgan fingerprint density at radius 2 is 1.38 bits per heavy atom. The molecule has 0 radical (unpaired) electrons. The predicted molar refractivity (Wildman–Crippen MR) is 93.2 cm³/mol. The normalized spacial score (nSPS) is 15.5. The average Bonchev–Trinajstić information content (AvgIpc) is 2.67. The lowest BCUT2D eigenvalue weighted by Crippen LogP contribution is -2.49. The number of amides is 1. The van der Waals surface area contributed by atoms with Gasteiger partial charge in [-0.25, -0.2) is 4.98 Å². The number of carbonyl (C=O) groups is 1. The average molecular weight is 417 g/mol. The summed E-state index contributed by atoms with van der Waals surface area (Å²) >= 11 is 0. The van der Waals surface area contributed by atoms with Gasteiger partial charge in [0.25, 0.3) is 0 Å². The molecule has 29 heavy (non-hydrogen) atoms. The molecule has 156 valence electrons. The van der Waals surface area contributed by atoms with Crippen LogP contribution in [0.15, 0.2) is 42.6 Å². The van der Waals surface area contributed by atoms with E-state index < -0.39 is 23.5 Å². The summed E-state index contributed by atoms with van der Waals surface area (Å²) in [4.78, 5) is 19.6. The van der Waals surface area contributed by atoms with Crippen LogP contribution >= 0.6 is 0 Å². The highest BCUT2D eigenvalue weighted by molar-refractivity contribution is 5.79. The fraction of sp³-hybridized carbons (Fsp3) is 0.368. The zero-order valence-electron chi connectivity index (χ0n) is 15.1. The van der Waals surface area contributed by atoms with Crippen molar-refractivity contribution in [1.82, 2.24) is 9.88 Å². The van der Waals surface area contributed by atoms with E-state index in [2.05, 4.69) is 4.98 Å². The zero-order chi connectivity index (χ0) is 21.2. The van der Waals surface area contributed by atoms with Crippen LogP contribution in [0, 0.1) is 0 Å². The molecule has 1 fully saturated rings. The summed E-state index contributed by atoms with van der Waals surface area (Å²) in [5.41, 5.74) is -1.12. The quantitative estimate of drug-likeness (QED) is 0.709. The van der Waals surface area contributed by atoms with E-state index in [9.17, 15) is 31.1 Å². The summed E-state index contributed by atoms with van der Waals surface area (Å²) in [6.45, 7) is 1.50. The molecule has 1 aromatic carbocycles. The third-order valence-electron chi connectivity index (χ3n) is 4.67. The largest absolute Gasteiger partial charge is 0.417 e. The maximum atomic E-state index is 12.6. The van der Waals surface area contributed by atoms with Crippen molar-refractivity contribution in [3.05, 3.63) is 59.3 Å². The number of rotatable bonds is 3. The van der Waals surface area contributed by atoms with E-state index in [0.717, 1.165) is 24.4 Å². The van der Waals surface area contributed by atoms with Gasteiger partial charge in [0.15, 0.2) is 0 Å². The van der Waals surface area contributed by atoms with Crippen molar-refractivity contribution >= 4 is 11.7 Å². The van der Waals surface area contributed by atoms with E-state index in [-0.39, 0.29) is 12.3 Å². The predicted octanol–water partition coefficient (Wildman–Crippen LogP) is 4.01. The van der Waals surface area contributed by atoms with E-state index in [1.807, 2.05) is 0 Å². The number of hydrogen-bond acceptors (Lipinski definition) is 3. The minimum absolute atomic E-state index is 0.0172. The number of hydrogen-bond donors (Lipinski definition) is 0. The van der Waals surface area contributed by atoms with Crippen molar-refractivity contribution in [2.75, 3.05) is 31.1 Å². The van der Waals surface area contributed by atoms with Crippen LogP contribution in [0.25, 0.3) is 0 Å². The van der Waals surface area contributed by atoms with E-state index in [1.54, 1.807) is 9.80 Å². The molecule has 1 saturated heterocycles. The number of carbonyl (C=O) groups excluding carboxylic acids is 1. The lowest BCUT2D eigenvalue weighted by atomic mass is 10.1. The Hall–Kier alpha value is -2.78. The fourth-order valence-corrected chi connectivity index (χ4v) is 3.02. The first-order valence-electron chi connectivity index (χ1n) is 8.76. The van der Waals surface area contributed by atoms with Crippen molar-refractivity contribution in [2.45, 2.75) is 18.8 Å². The number of halogens is 6. The maximum Gasteiger partial charge on any atom is 0.417 e. The van der Waals surface area contributed by atoms with E-state index >= 15 is 0 Å². The number of nitrogens with zero attached hydrogens (tertiary/aromatic N) is 3. The topological polar surface area (TPSA) is 36.4 Å². The second kappa shape index (κ2) is 7.92. The molecule has 0 bridgehead atoms. The zero-order valence-corrected chi connectivity index (χ0v) is 15.1. The third kappa shape index (κ3) is 5.18. The van der Waals surface area contributed by atoms with Crippen LogP contribution in [0.4, 0.5) is 32.2 Å². The molecule has 1 amide bonds. The lowest BCUT2D eigenvalue weighted by Gasteiger charge is -2.35. The van der Waals surface area contributed by atoms with Crippen LogP contribution in [-0.2, 0) is 23.6 Å². The summed E-state index contributed by atoms with van der Waals surface area (Å²) in [6, 6.07) is 6.70. The first-order valence-corrected chi connectivity index (χ1v) is 8.76. The highest BCUT2D eigenvalue weighted by Gasteiger charge is 2.32. The minimum Gasteiger partial charge on any atom is -0.353 e. The van der Waals surface area contributed by atoms with Crippen LogP contribution < -0.4 is 4.90 Å². The molecule has 1 aliphatic heterocycles. The first kappa shape index (κ1) is 20.9. The Morgan fingerprint density at radius 1 is 0.828 bits per heavy atom. The molecule has 1 aromatic heterocycles. The molecule has 0 spiro atoms. The van der Waals surface area contributed by atoms with Crippen LogP contribution in [0.5, 0.6) is 0 Å². The molecule has 1 aliphatic rings. The van der Waals surface area contributed by atoms with E-state index in [0.29, 0.717) is 37.6 Å². The Labute approximate surface area is 162 Å². The van der Waals surface area contributed by atoms with Gasteiger partial charge in [0.2, 0.25) is 5.91 Å². The summed E-state index contributed by atoms with van der Waals surface area (Å²) in [6.07, 6.45) is -8.12. The maximum absolute atomic E-state index is 12.6. The van der Waals surface area contributed by atoms with E-state index in [1.165, 1.54) is 18.2 Å². The fourth-order valence-electron chi connectivity index (χ4n) is 3.02. The highest BCUT2D eigenvalue weighted by Crippen LogP contribution is 2.30. The van der Waals surface area contributed by atoms with Gasteiger partial charge in [-0.15, -0.1) is 0 Å². The van der Waals surface area contributed by atoms with Gasteiger partial charge in [0.1, 0.15) is 5.82 Å². The van der Waals surface area contributed by atoms with Crippen LogP contribution in [0.1, 0.15) is 16.7 Å². The van der Waals surface area contributed by atoms with Crippen LogP contribution in [-0.4, -0.2) is 42.0 Å². The molecule has 0 atom stereocenters. The van der Waals surface area contributed by atoms with Gasteiger partial charge in [-0.05, 0) is 29.8 Å². The van der Waals surface area contributed by atoms with Crippen molar-refractivity contribution in [3.8, 4) is 0 Å². The van der Waals surface area contributed by atoms with Gasteiger partial charge >= 0.3 is 12.4 Å². The molecule has 0 unspecified atom stereocenters. The van der Waals surface area contributed by atoms with Crippen LogP contribution in [0.2, 0.25) is 0 Å². The van der Waals surface area contributed by atoms with Gasteiger partial charge in [-0.2, -0.15) is 26.3 Å². The highest BCUT2D eigenvalue weighted by atomic mass is 19.4. The monoisotopic (exact) mass is 417 g/mol. The SMILES string of the molecule is O=C(Cc1ccc(C(F)(F)F)cc1)N1CCN(c2ccc(C(F)(F)F)cn2)CC1. The van der Waals surface area contributed by atoms with Crippen molar-refractivity contribution in [3.63, 3.8) is 0 Å². The molecule has 10 heteroatoms. The minimum atomic E-state index is -4.45. The number of piperazine rings is 1. The standard InChI is InChI=1S/C19H17F6N3O/c20-18(21,22)14-3-1-13(2-4-14)11-17(29)28-9-7-27(8-10-28)16-6-5-15(12-26-16)19(23,24)25/h1-6,12H,7-11H2. The van der Waals surface area contributed by atoms with Crippen molar-refractivity contribution in [1.29, 1.82) is 0 Å². The number of anilines is 1. The molecular weight excluding hydrogens is 400 g/mol. The summed E-state index contributed by atoms with van der Waals surface area (Å²) in [5, 5.41) is 0. The van der Waals surface area contributed by atoms with Crippen molar-refractivity contribution < 1.29 is 31.1 Å². The molecule has 2 aromatic rings. The molecule has 4 nitrogen and oxygen atoms in total. The van der Waals surface area contributed by atoms with Gasteiger partial charge in [-0.1, -0.05) is 12.1 Å². The Kier molecular flexibility index (Phi) is 5.72. The summed E-state index contributed by atoms with van der Waals surface area (Å²) < 4.78 is 75.6. The van der Waals surface area contributed by atoms with Gasteiger partial charge in [0.05, 0.1) is 17.5 Å². The van der Waals surface area contributed by atoms with Gasteiger partial charge in [-0.3, -0.25) is 4.79 Å². The molecule has 0 saturated carbocycles. The molecule has 3 rings (SSSR count). The second-order valence-electron chi connectivity index (χ2n) is 6.64. The number of pyridine rings is 1. The first-order chi connectivity index (χ1) is 13.5. The van der Waals surface area contributed by atoms with Gasteiger partial charge < -0.3 is 9.80 Å². The summed E-state index contributed by atoms with van der Waals surface area (Å²) in [5.74, 6) is 0.178. The number of benzene rings is 1. The summed E-state index contributed by atoms with van der Waals surface area (Å²) in [7, 11) is 0. The molecule has 0 aliphatic carbocycles. The Bertz CT molecular complexity index is 838. The van der Waals surface area contributed by atoms with Crippen molar-refractivity contribution in [2.24, 2.45) is 0 Å². The number of alkyl halides is 6. The molecular formula is C19H17F6N3O. The van der Waals surface area contributed by atoms with Crippen LogP contribution in [0.3, 0.4) is 0 Å². The second-order valence-corrected chi connectivity index (χ2v) is 6.64. The Balaban J connectivity index is 1.54. The Morgan fingerprint density at radius 3 is 1.86 bits per heavy atom. The number of aromatic nitrogens is 1. The lowest BCUT2D eigenvalue weighted by molar-refractivity contribution is -0.138. The van der Waals surface area contributed by atoms with E-state index in [4.69, 9.17) is 0 Å². The third-order valence-corrected chi connectivity index (χ3v) is 4.67.